The van der Waals surface area contributed by atoms with Gasteiger partial charge < -0.3 is 10.6 Å². The molecule has 0 radical (unpaired) electrons. The van der Waals surface area contributed by atoms with Crippen molar-refractivity contribution in [1.82, 2.24) is 9.97 Å². The fraction of sp³-hybridized carbons (Fsp3) is 0.200. The lowest BCUT2D eigenvalue weighted by Gasteiger charge is -2.15. The van der Waals surface area contributed by atoms with Gasteiger partial charge in [-0.15, -0.1) is 0 Å². The minimum atomic E-state index is 0.179. The van der Waals surface area contributed by atoms with Crippen molar-refractivity contribution in [3.63, 3.8) is 0 Å². The zero-order valence-electron chi connectivity index (χ0n) is 14.0. The standard InChI is InChI=1S/C20H22N4/c1-3-16-9-11-18(12-10-16)24-20-13-19(21-14-22-20)23-15(2)17-7-5-4-6-8-17/h4-15H,3H2,1-2H3,(H2,21,22,23,24). The van der Waals surface area contributed by atoms with Gasteiger partial charge in [0.25, 0.3) is 0 Å². The second kappa shape index (κ2) is 7.59. The van der Waals surface area contributed by atoms with Crippen molar-refractivity contribution in [2.24, 2.45) is 0 Å². The Bertz CT molecular complexity index is 769. The van der Waals surface area contributed by atoms with Crippen molar-refractivity contribution in [2.45, 2.75) is 26.3 Å². The fourth-order valence-corrected chi connectivity index (χ4v) is 2.52. The summed E-state index contributed by atoms with van der Waals surface area (Å²) in [6, 6.07) is 20.8. The molecule has 0 saturated carbocycles. The van der Waals surface area contributed by atoms with Crippen molar-refractivity contribution in [3.05, 3.63) is 78.1 Å². The lowest BCUT2D eigenvalue weighted by Crippen LogP contribution is -2.08. The Labute approximate surface area is 143 Å². The van der Waals surface area contributed by atoms with E-state index in [-0.39, 0.29) is 6.04 Å². The van der Waals surface area contributed by atoms with Gasteiger partial charge in [0.05, 0.1) is 0 Å². The highest BCUT2D eigenvalue weighted by Crippen LogP contribution is 2.20. The quantitative estimate of drug-likeness (QED) is 0.675. The van der Waals surface area contributed by atoms with Crippen LogP contribution in [-0.4, -0.2) is 9.97 Å². The highest BCUT2D eigenvalue weighted by molar-refractivity contribution is 5.59. The molecule has 1 unspecified atom stereocenters. The summed E-state index contributed by atoms with van der Waals surface area (Å²) in [6.07, 6.45) is 2.61. The average molecular weight is 318 g/mol. The molecule has 0 aliphatic rings. The van der Waals surface area contributed by atoms with Crippen LogP contribution in [-0.2, 0) is 6.42 Å². The van der Waals surface area contributed by atoms with Gasteiger partial charge in [-0.25, -0.2) is 9.97 Å². The minimum absolute atomic E-state index is 0.179. The SMILES string of the molecule is CCc1ccc(Nc2cc(NC(C)c3ccccc3)ncn2)cc1. The van der Waals surface area contributed by atoms with Gasteiger partial charge in [0.15, 0.2) is 0 Å². The van der Waals surface area contributed by atoms with Gasteiger partial charge >= 0.3 is 0 Å². The molecule has 2 aromatic carbocycles. The van der Waals surface area contributed by atoms with E-state index in [1.807, 2.05) is 24.3 Å². The molecule has 4 nitrogen and oxygen atoms in total. The largest absolute Gasteiger partial charge is 0.363 e. The number of rotatable bonds is 6. The first-order chi connectivity index (χ1) is 11.7. The number of benzene rings is 2. The van der Waals surface area contributed by atoms with Gasteiger partial charge in [0.2, 0.25) is 0 Å². The Morgan fingerprint density at radius 2 is 1.62 bits per heavy atom. The van der Waals surface area contributed by atoms with Crippen molar-refractivity contribution in [1.29, 1.82) is 0 Å². The summed E-state index contributed by atoms with van der Waals surface area (Å²) in [5, 5.41) is 6.73. The minimum Gasteiger partial charge on any atom is -0.363 e. The zero-order chi connectivity index (χ0) is 16.8. The lowest BCUT2D eigenvalue weighted by atomic mass is 10.1. The predicted molar refractivity (Wildman–Crippen MR) is 99.6 cm³/mol. The van der Waals surface area contributed by atoms with Crippen LogP contribution in [0.15, 0.2) is 67.0 Å². The van der Waals surface area contributed by atoms with Crippen LogP contribution in [0.3, 0.4) is 0 Å². The summed E-state index contributed by atoms with van der Waals surface area (Å²) >= 11 is 0. The molecule has 0 saturated heterocycles. The van der Waals surface area contributed by atoms with Crippen LogP contribution < -0.4 is 10.6 Å². The highest BCUT2D eigenvalue weighted by atomic mass is 15.1. The number of aromatic nitrogens is 2. The van der Waals surface area contributed by atoms with Crippen LogP contribution in [0.2, 0.25) is 0 Å². The van der Waals surface area contributed by atoms with Gasteiger partial charge in [-0.2, -0.15) is 0 Å². The number of nitrogens with zero attached hydrogens (tertiary/aromatic N) is 2. The van der Waals surface area contributed by atoms with Crippen LogP contribution in [0.4, 0.5) is 17.3 Å². The molecule has 2 N–H and O–H groups in total. The normalized spacial score (nSPS) is 11.8. The van der Waals surface area contributed by atoms with E-state index >= 15 is 0 Å². The van der Waals surface area contributed by atoms with E-state index in [2.05, 4.69) is 70.8 Å². The second-order valence-electron chi connectivity index (χ2n) is 5.74. The van der Waals surface area contributed by atoms with Crippen molar-refractivity contribution in [2.75, 3.05) is 10.6 Å². The molecule has 1 aromatic heterocycles. The summed E-state index contributed by atoms with van der Waals surface area (Å²) < 4.78 is 0. The summed E-state index contributed by atoms with van der Waals surface area (Å²) in [5.41, 5.74) is 3.57. The molecule has 0 fully saturated rings. The van der Waals surface area contributed by atoms with Crippen molar-refractivity contribution < 1.29 is 0 Å². The van der Waals surface area contributed by atoms with Crippen LogP contribution >= 0.6 is 0 Å². The Balaban J connectivity index is 1.69. The maximum atomic E-state index is 4.31. The van der Waals surface area contributed by atoms with Gasteiger partial charge in [-0.05, 0) is 36.6 Å². The lowest BCUT2D eigenvalue weighted by molar-refractivity contribution is 0.872. The third-order valence-electron chi connectivity index (χ3n) is 3.97. The Kier molecular flexibility index (Phi) is 5.06. The first kappa shape index (κ1) is 16.0. The van der Waals surface area contributed by atoms with Gasteiger partial charge in [-0.1, -0.05) is 49.4 Å². The van der Waals surface area contributed by atoms with E-state index in [9.17, 15) is 0 Å². The number of aryl methyl sites for hydroxylation is 1. The molecule has 1 atom stereocenters. The first-order valence-electron chi connectivity index (χ1n) is 8.24. The summed E-state index contributed by atoms with van der Waals surface area (Å²) in [7, 11) is 0. The predicted octanol–water partition coefficient (Wildman–Crippen LogP) is 4.96. The second-order valence-corrected chi connectivity index (χ2v) is 5.74. The molecule has 0 aliphatic heterocycles. The third-order valence-corrected chi connectivity index (χ3v) is 3.97. The molecule has 0 aliphatic carbocycles. The molecule has 3 rings (SSSR count). The van der Waals surface area contributed by atoms with E-state index in [0.29, 0.717) is 0 Å². The number of anilines is 3. The molecule has 1 heterocycles. The summed E-state index contributed by atoms with van der Waals surface area (Å²) in [5.74, 6) is 1.58. The number of hydrogen-bond donors (Lipinski definition) is 2. The average Bonchev–Trinajstić information content (AvgIpc) is 2.63. The maximum absolute atomic E-state index is 4.31. The van der Waals surface area contributed by atoms with E-state index in [0.717, 1.165) is 23.7 Å². The molecular formula is C20H22N4. The fourth-order valence-electron chi connectivity index (χ4n) is 2.52. The van der Waals surface area contributed by atoms with Gasteiger partial charge in [0.1, 0.15) is 18.0 Å². The van der Waals surface area contributed by atoms with Crippen LogP contribution in [0, 0.1) is 0 Å². The van der Waals surface area contributed by atoms with E-state index < -0.39 is 0 Å². The Hall–Kier alpha value is -2.88. The molecule has 4 heteroatoms. The van der Waals surface area contributed by atoms with Gasteiger partial charge in [0, 0.05) is 17.8 Å². The molecule has 3 aromatic rings. The summed E-state index contributed by atoms with van der Waals surface area (Å²) in [4.78, 5) is 8.61. The van der Waals surface area contributed by atoms with Gasteiger partial charge in [-0.3, -0.25) is 0 Å². The van der Waals surface area contributed by atoms with E-state index in [4.69, 9.17) is 0 Å². The third kappa shape index (κ3) is 4.10. The zero-order valence-corrected chi connectivity index (χ0v) is 14.0. The Morgan fingerprint density at radius 3 is 2.33 bits per heavy atom. The monoisotopic (exact) mass is 318 g/mol. The number of hydrogen-bond acceptors (Lipinski definition) is 4. The molecule has 0 bridgehead atoms. The summed E-state index contributed by atoms with van der Waals surface area (Å²) in [6.45, 7) is 4.27. The maximum Gasteiger partial charge on any atom is 0.135 e. The van der Waals surface area contributed by atoms with E-state index in [1.165, 1.54) is 11.1 Å². The smallest absolute Gasteiger partial charge is 0.135 e. The molecule has 122 valence electrons. The van der Waals surface area contributed by atoms with Crippen molar-refractivity contribution >= 4 is 17.3 Å². The van der Waals surface area contributed by atoms with Crippen LogP contribution in [0.1, 0.15) is 31.0 Å². The Morgan fingerprint density at radius 1 is 0.917 bits per heavy atom. The first-order valence-corrected chi connectivity index (χ1v) is 8.24. The molecule has 24 heavy (non-hydrogen) atoms. The molecular weight excluding hydrogens is 296 g/mol. The molecule has 0 amide bonds. The number of nitrogens with one attached hydrogen (secondary N) is 2. The topological polar surface area (TPSA) is 49.8 Å². The van der Waals surface area contributed by atoms with Crippen molar-refractivity contribution in [3.8, 4) is 0 Å². The van der Waals surface area contributed by atoms with E-state index in [1.54, 1.807) is 6.33 Å². The van der Waals surface area contributed by atoms with Crippen LogP contribution in [0.25, 0.3) is 0 Å². The van der Waals surface area contributed by atoms with Crippen LogP contribution in [0.5, 0.6) is 0 Å². The molecule has 0 spiro atoms. The highest BCUT2D eigenvalue weighted by Gasteiger charge is 2.06.